The molecule has 0 spiro atoms. The number of halogens is 2. The number of rotatable bonds is 7. The predicted octanol–water partition coefficient (Wildman–Crippen LogP) is 2.59. The maximum absolute atomic E-state index is 13.7. The van der Waals surface area contributed by atoms with Crippen LogP contribution in [0.2, 0.25) is 0 Å². The Morgan fingerprint density at radius 2 is 1.57 bits per heavy atom. The predicted molar refractivity (Wildman–Crippen MR) is 107 cm³/mol. The smallest absolute Gasteiger partial charge is 0.216 e. The fourth-order valence-corrected chi connectivity index (χ4v) is 4.60. The minimum atomic E-state index is -3.83. The van der Waals surface area contributed by atoms with Gasteiger partial charge in [0, 0.05) is 50.0 Å². The van der Waals surface area contributed by atoms with E-state index in [1.54, 1.807) is 0 Å². The average Bonchev–Trinajstić information content (AvgIpc) is 2.70. The largest absolute Gasteiger partial charge is 0.369 e. The van der Waals surface area contributed by atoms with Crippen molar-refractivity contribution in [2.75, 3.05) is 37.6 Å². The van der Waals surface area contributed by atoms with E-state index in [2.05, 4.69) is 26.7 Å². The highest BCUT2D eigenvalue weighted by molar-refractivity contribution is 7.88. The summed E-state index contributed by atoms with van der Waals surface area (Å²) in [7, 11) is -3.83. The first-order chi connectivity index (χ1) is 13.4. The molecule has 0 amide bonds. The van der Waals surface area contributed by atoms with Crippen LogP contribution in [0.4, 0.5) is 14.5 Å². The Balaban J connectivity index is 1.51. The number of anilines is 1. The van der Waals surface area contributed by atoms with Crippen molar-refractivity contribution in [3.05, 3.63) is 65.7 Å². The maximum Gasteiger partial charge on any atom is 0.216 e. The van der Waals surface area contributed by atoms with Gasteiger partial charge in [-0.1, -0.05) is 24.3 Å². The van der Waals surface area contributed by atoms with Gasteiger partial charge in [-0.05, 0) is 31.2 Å². The Hall–Kier alpha value is -2.03. The van der Waals surface area contributed by atoms with Gasteiger partial charge in [-0.25, -0.2) is 21.9 Å². The van der Waals surface area contributed by atoms with E-state index < -0.39 is 33.0 Å². The van der Waals surface area contributed by atoms with Crippen molar-refractivity contribution in [1.29, 1.82) is 0 Å². The van der Waals surface area contributed by atoms with Crippen molar-refractivity contribution in [2.24, 2.45) is 0 Å². The summed E-state index contributed by atoms with van der Waals surface area (Å²) in [6.07, 6.45) is 0. The molecule has 28 heavy (non-hydrogen) atoms. The van der Waals surface area contributed by atoms with E-state index in [1.165, 1.54) is 11.8 Å². The Kier molecular flexibility index (Phi) is 6.64. The van der Waals surface area contributed by atoms with Crippen molar-refractivity contribution in [2.45, 2.75) is 18.7 Å². The van der Waals surface area contributed by atoms with Crippen LogP contribution in [-0.4, -0.2) is 52.1 Å². The molecule has 1 fully saturated rings. The number of hydrogen-bond acceptors (Lipinski definition) is 4. The van der Waals surface area contributed by atoms with Crippen LogP contribution in [0, 0.1) is 11.6 Å². The molecule has 1 saturated heterocycles. The monoisotopic (exact) mass is 409 g/mol. The number of nitrogens with one attached hydrogen (secondary N) is 1. The van der Waals surface area contributed by atoms with Gasteiger partial charge in [-0.3, -0.25) is 4.90 Å². The number of piperazine rings is 1. The molecule has 3 rings (SSSR count). The Morgan fingerprint density at radius 1 is 0.964 bits per heavy atom. The zero-order valence-electron chi connectivity index (χ0n) is 15.8. The molecule has 152 valence electrons. The second-order valence-electron chi connectivity index (χ2n) is 7.02. The van der Waals surface area contributed by atoms with E-state index in [-0.39, 0.29) is 12.6 Å². The van der Waals surface area contributed by atoms with Gasteiger partial charge >= 0.3 is 0 Å². The number of para-hydroxylation sites is 1. The standard InChI is InChI=1S/C20H25F2N3O2S/c1-16(24-10-12-25(13-11-24)17-6-3-2-4-7-17)14-23-28(26,27)15-18-19(21)8-5-9-20(18)22/h2-9,16,23H,10-15H2,1H3/t16-/m0/s1. The van der Waals surface area contributed by atoms with Crippen molar-refractivity contribution in [3.63, 3.8) is 0 Å². The zero-order chi connectivity index (χ0) is 20.1. The first-order valence-corrected chi connectivity index (χ1v) is 11.0. The molecule has 1 atom stereocenters. The van der Waals surface area contributed by atoms with Crippen molar-refractivity contribution >= 4 is 15.7 Å². The molecule has 0 aliphatic carbocycles. The third-order valence-electron chi connectivity index (χ3n) is 5.05. The van der Waals surface area contributed by atoms with Crippen LogP contribution in [0.1, 0.15) is 12.5 Å². The highest BCUT2D eigenvalue weighted by Gasteiger charge is 2.23. The molecular weight excluding hydrogens is 384 g/mol. The van der Waals surface area contributed by atoms with E-state index >= 15 is 0 Å². The first kappa shape index (κ1) is 20.7. The van der Waals surface area contributed by atoms with Gasteiger partial charge in [0.1, 0.15) is 11.6 Å². The third-order valence-corrected chi connectivity index (χ3v) is 6.33. The van der Waals surface area contributed by atoms with E-state index in [4.69, 9.17) is 0 Å². The van der Waals surface area contributed by atoms with Crippen LogP contribution >= 0.6 is 0 Å². The number of nitrogens with zero attached hydrogens (tertiary/aromatic N) is 2. The van der Waals surface area contributed by atoms with Gasteiger partial charge in [0.2, 0.25) is 10.0 Å². The second kappa shape index (κ2) is 8.98. The summed E-state index contributed by atoms with van der Waals surface area (Å²) >= 11 is 0. The molecular formula is C20H25F2N3O2S. The summed E-state index contributed by atoms with van der Waals surface area (Å²) in [6, 6.07) is 13.5. The zero-order valence-corrected chi connectivity index (χ0v) is 16.6. The van der Waals surface area contributed by atoms with Crippen LogP contribution in [0.15, 0.2) is 48.5 Å². The minimum Gasteiger partial charge on any atom is -0.369 e. The van der Waals surface area contributed by atoms with Gasteiger partial charge in [0.15, 0.2) is 0 Å². The van der Waals surface area contributed by atoms with Gasteiger partial charge in [-0.2, -0.15) is 0 Å². The van der Waals surface area contributed by atoms with E-state index in [0.717, 1.165) is 38.3 Å². The minimum absolute atomic E-state index is 0.0156. The van der Waals surface area contributed by atoms with Crippen molar-refractivity contribution in [3.8, 4) is 0 Å². The summed E-state index contributed by atoms with van der Waals surface area (Å²) in [4.78, 5) is 4.51. The summed E-state index contributed by atoms with van der Waals surface area (Å²) in [5.74, 6) is -2.41. The first-order valence-electron chi connectivity index (χ1n) is 9.30. The molecule has 1 heterocycles. The second-order valence-corrected chi connectivity index (χ2v) is 8.82. The molecule has 1 aliphatic rings. The highest BCUT2D eigenvalue weighted by atomic mass is 32.2. The van der Waals surface area contributed by atoms with Crippen LogP contribution < -0.4 is 9.62 Å². The molecule has 5 nitrogen and oxygen atoms in total. The lowest BCUT2D eigenvalue weighted by molar-refractivity contribution is 0.198. The fraction of sp³-hybridized carbons (Fsp3) is 0.400. The topological polar surface area (TPSA) is 52.7 Å². The maximum atomic E-state index is 13.7. The molecule has 2 aromatic rings. The van der Waals surface area contributed by atoms with E-state index in [9.17, 15) is 17.2 Å². The quantitative estimate of drug-likeness (QED) is 0.764. The number of benzene rings is 2. The number of hydrogen-bond donors (Lipinski definition) is 1. The molecule has 0 bridgehead atoms. The fourth-order valence-electron chi connectivity index (χ4n) is 3.35. The molecule has 1 N–H and O–H groups in total. The van der Waals surface area contributed by atoms with Crippen LogP contribution in [0.5, 0.6) is 0 Å². The molecule has 0 radical (unpaired) electrons. The van der Waals surface area contributed by atoms with Crippen LogP contribution in [-0.2, 0) is 15.8 Å². The lowest BCUT2D eigenvalue weighted by Crippen LogP contribution is -2.52. The Bertz CT molecular complexity index is 865. The van der Waals surface area contributed by atoms with Crippen LogP contribution in [0.3, 0.4) is 0 Å². The van der Waals surface area contributed by atoms with Crippen molar-refractivity contribution < 1.29 is 17.2 Å². The Morgan fingerprint density at radius 3 is 2.18 bits per heavy atom. The molecule has 0 saturated carbocycles. The number of sulfonamides is 1. The SMILES string of the molecule is C[C@@H](CNS(=O)(=O)Cc1c(F)cccc1F)N1CCN(c2ccccc2)CC1. The molecule has 1 aliphatic heterocycles. The molecule has 2 aromatic carbocycles. The van der Waals surface area contributed by atoms with E-state index in [1.807, 2.05) is 25.1 Å². The van der Waals surface area contributed by atoms with Gasteiger partial charge in [0.25, 0.3) is 0 Å². The summed E-state index contributed by atoms with van der Waals surface area (Å²) in [5, 5.41) is 0. The summed E-state index contributed by atoms with van der Waals surface area (Å²) < 4.78 is 54.4. The third kappa shape index (κ3) is 5.27. The van der Waals surface area contributed by atoms with Gasteiger partial charge < -0.3 is 4.90 Å². The lowest BCUT2D eigenvalue weighted by Gasteiger charge is -2.39. The molecule has 8 heteroatoms. The summed E-state index contributed by atoms with van der Waals surface area (Å²) in [6.45, 7) is 5.51. The van der Waals surface area contributed by atoms with Gasteiger partial charge in [-0.15, -0.1) is 0 Å². The summed E-state index contributed by atoms with van der Waals surface area (Å²) in [5.41, 5.74) is 0.751. The highest BCUT2D eigenvalue weighted by Crippen LogP contribution is 2.17. The van der Waals surface area contributed by atoms with Gasteiger partial charge in [0.05, 0.1) is 5.75 Å². The molecule has 0 aromatic heterocycles. The van der Waals surface area contributed by atoms with Crippen molar-refractivity contribution in [1.82, 2.24) is 9.62 Å². The Labute approximate surface area is 165 Å². The average molecular weight is 410 g/mol. The van der Waals surface area contributed by atoms with E-state index in [0.29, 0.717) is 0 Å². The normalized spacial score (nSPS) is 16.9. The van der Waals surface area contributed by atoms with Crippen LogP contribution in [0.25, 0.3) is 0 Å². The lowest BCUT2D eigenvalue weighted by atomic mass is 10.2. The molecule has 0 unspecified atom stereocenters.